The lowest BCUT2D eigenvalue weighted by Gasteiger charge is -2.37. The van der Waals surface area contributed by atoms with Crippen molar-refractivity contribution in [3.05, 3.63) is 34.9 Å². The number of nitrogens with one attached hydrogen (secondary N) is 1. The molecule has 1 aromatic rings. The fourth-order valence-electron chi connectivity index (χ4n) is 3.72. The Morgan fingerprint density at radius 1 is 1.24 bits per heavy atom. The van der Waals surface area contributed by atoms with Crippen LogP contribution in [0.3, 0.4) is 0 Å². The molecule has 0 aromatic heterocycles. The van der Waals surface area contributed by atoms with Crippen molar-refractivity contribution in [2.24, 2.45) is 5.92 Å². The number of alkyl halides is 2. The molecule has 4 nitrogen and oxygen atoms in total. The third-order valence-electron chi connectivity index (χ3n) is 5.16. The van der Waals surface area contributed by atoms with Crippen molar-refractivity contribution in [1.29, 1.82) is 0 Å². The summed E-state index contributed by atoms with van der Waals surface area (Å²) >= 11 is 5.90. The van der Waals surface area contributed by atoms with Crippen LogP contribution >= 0.6 is 11.6 Å². The summed E-state index contributed by atoms with van der Waals surface area (Å²) in [5.74, 6) is -3.99. The van der Waals surface area contributed by atoms with Crippen LogP contribution in [-0.4, -0.2) is 36.2 Å². The predicted octanol–water partition coefficient (Wildman–Crippen LogP) is 3.26. The van der Waals surface area contributed by atoms with E-state index in [2.05, 4.69) is 5.32 Å². The Hall–Kier alpha value is -1.24. The molecule has 1 saturated carbocycles. The lowest BCUT2D eigenvalue weighted by molar-refractivity contribution is -0.181. The van der Waals surface area contributed by atoms with Crippen LogP contribution in [0.1, 0.15) is 37.7 Å². The Kier molecular flexibility index (Phi) is 5.32. The minimum Gasteiger partial charge on any atom is -0.460 e. The lowest BCUT2D eigenvalue weighted by atomic mass is 9.76. The molecule has 2 N–H and O–H groups in total. The van der Waals surface area contributed by atoms with Crippen molar-refractivity contribution in [2.45, 2.75) is 49.7 Å². The van der Waals surface area contributed by atoms with Gasteiger partial charge in [-0.2, -0.15) is 0 Å². The van der Waals surface area contributed by atoms with Gasteiger partial charge in [-0.25, -0.2) is 13.6 Å². The first-order chi connectivity index (χ1) is 11.8. The van der Waals surface area contributed by atoms with Crippen LogP contribution in [0.4, 0.5) is 8.78 Å². The molecule has 3 rings (SSSR count). The number of hydrogen-bond acceptors (Lipinski definition) is 4. The van der Waals surface area contributed by atoms with E-state index in [0.29, 0.717) is 36.5 Å². The molecule has 2 aliphatic rings. The number of esters is 1. The molecule has 0 amide bonds. The number of piperidine rings is 1. The Labute approximate surface area is 150 Å². The highest BCUT2D eigenvalue weighted by molar-refractivity contribution is 6.30. The van der Waals surface area contributed by atoms with Gasteiger partial charge in [0.1, 0.15) is 6.10 Å². The highest BCUT2D eigenvalue weighted by Gasteiger charge is 2.49. The number of ether oxygens (including phenoxy) is 1. The maximum Gasteiger partial charge on any atom is 0.343 e. The van der Waals surface area contributed by atoms with Gasteiger partial charge in [-0.05, 0) is 50.0 Å². The van der Waals surface area contributed by atoms with E-state index < -0.39 is 30.0 Å². The van der Waals surface area contributed by atoms with Crippen LogP contribution < -0.4 is 5.32 Å². The number of aliphatic hydroxyl groups is 1. The van der Waals surface area contributed by atoms with E-state index in [0.717, 1.165) is 0 Å². The molecule has 1 saturated heterocycles. The second-order valence-electron chi connectivity index (χ2n) is 6.92. The summed E-state index contributed by atoms with van der Waals surface area (Å²) in [5.41, 5.74) is -1.47. The molecule has 1 aliphatic carbocycles. The molecule has 1 heterocycles. The Morgan fingerprint density at radius 3 is 2.44 bits per heavy atom. The summed E-state index contributed by atoms with van der Waals surface area (Å²) in [6.07, 6.45) is -0.339. The van der Waals surface area contributed by atoms with E-state index in [1.54, 1.807) is 24.3 Å². The highest BCUT2D eigenvalue weighted by atomic mass is 35.5. The first-order valence-electron chi connectivity index (χ1n) is 8.59. The topological polar surface area (TPSA) is 58.6 Å². The third kappa shape index (κ3) is 3.96. The van der Waals surface area contributed by atoms with Gasteiger partial charge in [0.2, 0.25) is 0 Å². The van der Waals surface area contributed by atoms with Crippen LogP contribution in [0.5, 0.6) is 0 Å². The highest BCUT2D eigenvalue weighted by Crippen LogP contribution is 2.40. The van der Waals surface area contributed by atoms with Gasteiger partial charge in [0, 0.05) is 23.8 Å². The van der Waals surface area contributed by atoms with Gasteiger partial charge < -0.3 is 15.2 Å². The molecule has 2 fully saturated rings. The van der Waals surface area contributed by atoms with Crippen LogP contribution in [-0.2, 0) is 15.1 Å². The third-order valence-corrected chi connectivity index (χ3v) is 5.41. The summed E-state index contributed by atoms with van der Waals surface area (Å²) in [7, 11) is 0. The van der Waals surface area contributed by atoms with Gasteiger partial charge in [-0.15, -0.1) is 0 Å². The summed E-state index contributed by atoms with van der Waals surface area (Å²) in [6.45, 7) is 1.35. The van der Waals surface area contributed by atoms with Crippen molar-refractivity contribution in [1.82, 2.24) is 5.32 Å². The summed E-state index contributed by atoms with van der Waals surface area (Å²) in [5, 5.41) is 15.0. The zero-order valence-corrected chi connectivity index (χ0v) is 14.6. The summed E-state index contributed by atoms with van der Waals surface area (Å²) < 4.78 is 32.1. The maximum absolute atomic E-state index is 13.4. The van der Waals surface area contributed by atoms with E-state index >= 15 is 0 Å². The maximum atomic E-state index is 13.4. The smallest absolute Gasteiger partial charge is 0.343 e. The minimum absolute atomic E-state index is 0.113. The van der Waals surface area contributed by atoms with Gasteiger partial charge in [0.05, 0.1) is 0 Å². The Balaban J connectivity index is 1.85. The van der Waals surface area contributed by atoms with Crippen LogP contribution in [0, 0.1) is 5.92 Å². The van der Waals surface area contributed by atoms with E-state index in [9.17, 15) is 18.7 Å². The molecule has 0 unspecified atom stereocenters. The van der Waals surface area contributed by atoms with Crippen LogP contribution in [0.25, 0.3) is 0 Å². The minimum atomic E-state index is -2.81. The number of carbonyl (C=O) groups is 1. The van der Waals surface area contributed by atoms with Gasteiger partial charge in [-0.1, -0.05) is 23.7 Å². The largest absolute Gasteiger partial charge is 0.460 e. The zero-order valence-electron chi connectivity index (χ0n) is 13.8. The predicted molar refractivity (Wildman–Crippen MR) is 89.6 cm³/mol. The molecule has 25 heavy (non-hydrogen) atoms. The van der Waals surface area contributed by atoms with Crippen molar-refractivity contribution >= 4 is 17.6 Å². The van der Waals surface area contributed by atoms with Crippen molar-refractivity contribution < 1.29 is 23.4 Å². The molecule has 0 radical (unpaired) electrons. The Bertz CT molecular complexity index is 619. The number of carbonyl (C=O) groups excluding carboxylic acids is 1. The fourth-order valence-corrected chi connectivity index (χ4v) is 3.84. The van der Waals surface area contributed by atoms with Gasteiger partial charge >= 0.3 is 5.97 Å². The molecular formula is C18H22ClF2NO3. The lowest BCUT2D eigenvalue weighted by Crippen LogP contribution is -2.49. The van der Waals surface area contributed by atoms with Gasteiger partial charge in [0.25, 0.3) is 5.92 Å². The molecule has 1 aromatic carbocycles. The standard InChI is InChI=1S/C18H22ClF2NO3/c19-14-3-1-12(2-4-14)18(24,13-6-9-22-10-7-13)16(23)25-15-5-8-17(20,21)11-15/h1-4,13,15,22,24H,5-11H2/t15-,18+/m1/s1. The zero-order chi connectivity index (χ0) is 18.1. The average Bonchev–Trinajstić information content (AvgIpc) is 2.94. The number of benzene rings is 1. The number of hydrogen-bond donors (Lipinski definition) is 2. The molecule has 138 valence electrons. The summed E-state index contributed by atoms with van der Waals surface area (Å²) in [4.78, 5) is 12.8. The van der Waals surface area contributed by atoms with Crippen LogP contribution in [0.2, 0.25) is 5.02 Å². The van der Waals surface area contributed by atoms with Crippen LogP contribution in [0.15, 0.2) is 24.3 Å². The van der Waals surface area contributed by atoms with Gasteiger partial charge in [0.15, 0.2) is 5.60 Å². The van der Waals surface area contributed by atoms with E-state index in [-0.39, 0.29) is 18.8 Å². The molecule has 2 atom stereocenters. The molecule has 7 heteroatoms. The average molecular weight is 374 g/mol. The quantitative estimate of drug-likeness (QED) is 0.795. The first-order valence-corrected chi connectivity index (χ1v) is 8.97. The van der Waals surface area contributed by atoms with Crippen molar-refractivity contribution in [3.63, 3.8) is 0 Å². The molecule has 0 spiro atoms. The monoisotopic (exact) mass is 373 g/mol. The first kappa shape index (κ1) is 18.5. The molecule has 0 bridgehead atoms. The van der Waals surface area contributed by atoms with Gasteiger partial charge in [-0.3, -0.25) is 0 Å². The fraction of sp³-hybridized carbons (Fsp3) is 0.611. The van der Waals surface area contributed by atoms with E-state index in [1.165, 1.54) is 0 Å². The number of halogens is 3. The normalized spacial score (nSPS) is 26.2. The Morgan fingerprint density at radius 2 is 1.88 bits per heavy atom. The second-order valence-corrected chi connectivity index (χ2v) is 7.36. The SMILES string of the molecule is O=C(O[C@@H]1CCC(F)(F)C1)[C@](O)(c1ccc(Cl)cc1)C1CCNCC1. The molecular weight excluding hydrogens is 352 g/mol. The second kappa shape index (κ2) is 7.17. The van der Waals surface area contributed by atoms with E-state index in [4.69, 9.17) is 16.3 Å². The van der Waals surface area contributed by atoms with E-state index in [1.807, 2.05) is 0 Å². The van der Waals surface area contributed by atoms with Crippen molar-refractivity contribution in [3.8, 4) is 0 Å². The molecule has 1 aliphatic heterocycles. The number of rotatable bonds is 4. The summed E-state index contributed by atoms with van der Waals surface area (Å²) in [6, 6.07) is 6.38. The van der Waals surface area contributed by atoms with Crippen molar-refractivity contribution in [2.75, 3.05) is 13.1 Å².